The summed E-state index contributed by atoms with van der Waals surface area (Å²) >= 11 is 0. The third kappa shape index (κ3) is 2.18. The van der Waals surface area contributed by atoms with Crippen molar-refractivity contribution in [3.05, 3.63) is 53.4 Å². The second kappa shape index (κ2) is 4.73. The molecule has 0 radical (unpaired) electrons. The summed E-state index contributed by atoms with van der Waals surface area (Å²) in [5.41, 5.74) is 1.34. The number of aromatic nitrogens is 1. The van der Waals surface area contributed by atoms with Crippen LogP contribution in [-0.2, 0) is 16.9 Å². The quantitative estimate of drug-likeness (QED) is 0.875. The molecular formula is C15H15N3O3. The van der Waals surface area contributed by atoms with E-state index in [2.05, 4.69) is 10.5 Å². The van der Waals surface area contributed by atoms with E-state index in [1.54, 1.807) is 13.0 Å². The monoisotopic (exact) mass is 285 g/mol. The van der Waals surface area contributed by atoms with Gasteiger partial charge in [-0.3, -0.25) is 9.69 Å². The molecule has 1 aliphatic heterocycles. The van der Waals surface area contributed by atoms with Gasteiger partial charge in [-0.2, -0.15) is 0 Å². The fourth-order valence-electron chi connectivity index (χ4n) is 2.40. The predicted molar refractivity (Wildman–Crippen MR) is 74.1 cm³/mol. The van der Waals surface area contributed by atoms with Gasteiger partial charge in [-0.05, 0) is 19.4 Å². The highest BCUT2D eigenvalue weighted by Gasteiger charge is 2.49. The lowest BCUT2D eigenvalue weighted by atomic mass is 9.91. The first-order valence-corrected chi connectivity index (χ1v) is 6.61. The molecule has 3 rings (SSSR count). The number of amides is 3. The molecule has 1 N–H and O–H groups in total. The van der Waals surface area contributed by atoms with Crippen LogP contribution in [0.2, 0.25) is 0 Å². The van der Waals surface area contributed by atoms with Gasteiger partial charge < -0.3 is 9.84 Å². The van der Waals surface area contributed by atoms with E-state index >= 15 is 0 Å². The Hall–Kier alpha value is -2.63. The molecule has 1 atom stereocenters. The minimum atomic E-state index is -1.05. The van der Waals surface area contributed by atoms with Crippen molar-refractivity contribution in [2.45, 2.75) is 25.9 Å². The van der Waals surface area contributed by atoms with E-state index < -0.39 is 11.6 Å². The highest BCUT2D eigenvalue weighted by Crippen LogP contribution is 2.29. The van der Waals surface area contributed by atoms with Gasteiger partial charge in [0.1, 0.15) is 17.5 Å². The van der Waals surface area contributed by atoms with Crippen molar-refractivity contribution in [3.8, 4) is 0 Å². The SMILES string of the molecule is Cc1ccc(C2(C)NC(=O)N(Cc3ccon3)C2=O)cc1. The Morgan fingerprint density at radius 1 is 1.24 bits per heavy atom. The molecule has 3 amide bonds. The molecule has 6 heteroatoms. The van der Waals surface area contributed by atoms with Gasteiger partial charge in [0.05, 0.1) is 6.54 Å². The van der Waals surface area contributed by atoms with Crippen LogP contribution in [0.15, 0.2) is 41.1 Å². The van der Waals surface area contributed by atoms with E-state index in [4.69, 9.17) is 4.52 Å². The molecule has 2 heterocycles. The smallest absolute Gasteiger partial charge is 0.325 e. The van der Waals surface area contributed by atoms with Gasteiger partial charge in [-0.15, -0.1) is 0 Å². The number of carbonyl (C=O) groups excluding carboxylic acids is 2. The first kappa shape index (κ1) is 13.4. The molecule has 0 bridgehead atoms. The maximum Gasteiger partial charge on any atom is 0.325 e. The molecule has 0 spiro atoms. The molecule has 0 saturated carbocycles. The average Bonchev–Trinajstić information content (AvgIpc) is 3.03. The third-order valence-electron chi connectivity index (χ3n) is 3.72. The van der Waals surface area contributed by atoms with Gasteiger partial charge in [0.2, 0.25) is 0 Å². The number of carbonyl (C=O) groups is 2. The summed E-state index contributed by atoms with van der Waals surface area (Å²) in [5, 5.41) is 6.49. The van der Waals surface area contributed by atoms with Crippen LogP contribution in [0.5, 0.6) is 0 Å². The summed E-state index contributed by atoms with van der Waals surface area (Å²) in [6, 6.07) is 8.74. The number of benzene rings is 1. The van der Waals surface area contributed by atoms with Gasteiger partial charge >= 0.3 is 6.03 Å². The lowest BCUT2D eigenvalue weighted by Gasteiger charge is -2.22. The first-order chi connectivity index (χ1) is 10.0. The third-order valence-corrected chi connectivity index (χ3v) is 3.72. The zero-order chi connectivity index (χ0) is 15.0. The predicted octanol–water partition coefficient (Wildman–Crippen LogP) is 1.95. The minimum Gasteiger partial charge on any atom is -0.364 e. The molecule has 6 nitrogen and oxygen atoms in total. The number of nitrogens with zero attached hydrogens (tertiary/aromatic N) is 2. The van der Waals surface area contributed by atoms with Crippen LogP contribution in [0.4, 0.5) is 4.79 Å². The molecular weight excluding hydrogens is 270 g/mol. The summed E-state index contributed by atoms with van der Waals surface area (Å²) in [5.74, 6) is -0.292. The van der Waals surface area contributed by atoms with E-state index in [9.17, 15) is 9.59 Å². The van der Waals surface area contributed by atoms with Crippen molar-refractivity contribution in [3.63, 3.8) is 0 Å². The Kier molecular flexibility index (Phi) is 3.01. The van der Waals surface area contributed by atoms with Crippen LogP contribution < -0.4 is 5.32 Å². The molecule has 21 heavy (non-hydrogen) atoms. The van der Waals surface area contributed by atoms with Gasteiger partial charge in [0.25, 0.3) is 5.91 Å². The Morgan fingerprint density at radius 2 is 1.95 bits per heavy atom. The number of rotatable bonds is 3. The average molecular weight is 285 g/mol. The highest BCUT2D eigenvalue weighted by atomic mass is 16.5. The maximum absolute atomic E-state index is 12.6. The molecule has 1 saturated heterocycles. The summed E-state index contributed by atoms with van der Waals surface area (Å²) < 4.78 is 4.73. The largest absolute Gasteiger partial charge is 0.364 e. The summed E-state index contributed by atoms with van der Waals surface area (Å²) in [6.45, 7) is 3.78. The second-order valence-corrected chi connectivity index (χ2v) is 5.30. The first-order valence-electron chi connectivity index (χ1n) is 6.61. The summed E-state index contributed by atoms with van der Waals surface area (Å²) in [6.07, 6.45) is 1.41. The Balaban J connectivity index is 1.90. The van der Waals surface area contributed by atoms with E-state index in [-0.39, 0.29) is 12.5 Å². The number of hydrogen-bond acceptors (Lipinski definition) is 4. The number of nitrogens with one attached hydrogen (secondary N) is 1. The van der Waals surface area contributed by atoms with E-state index in [1.807, 2.05) is 31.2 Å². The molecule has 1 unspecified atom stereocenters. The normalized spacial score (nSPS) is 21.7. The molecule has 1 aliphatic rings. The second-order valence-electron chi connectivity index (χ2n) is 5.30. The fraction of sp³-hybridized carbons (Fsp3) is 0.267. The number of urea groups is 1. The number of imide groups is 1. The topological polar surface area (TPSA) is 75.4 Å². The molecule has 108 valence electrons. The lowest BCUT2D eigenvalue weighted by molar-refractivity contribution is -0.131. The van der Waals surface area contributed by atoms with Gasteiger partial charge in [-0.25, -0.2) is 4.79 Å². The van der Waals surface area contributed by atoms with Crippen molar-refractivity contribution in [1.29, 1.82) is 0 Å². The van der Waals surface area contributed by atoms with Crippen molar-refractivity contribution in [2.75, 3.05) is 0 Å². The standard InChI is InChI=1S/C15H15N3O3/c1-10-3-5-11(6-4-10)15(2)13(19)18(14(20)16-15)9-12-7-8-21-17-12/h3-8H,9H2,1-2H3,(H,16,20). The van der Waals surface area contributed by atoms with E-state index in [1.165, 1.54) is 6.26 Å². The number of aryl methyl sites for hydroxylation is 1. The zero-order valence-electron chi connectivity index (χ0n) is 11.8. The van der Waals surface area contributed by atoms with E-state index in [0.717, 1.165) is 16.0 Å². The van der Waals surface area contributed by atoms with E-state index in [0.29, 0.717) is 5.69 Å². The van der Waals surface area contributed by atoms with Gasteiger partial charge in [-0.1, -0.05) is 35.0 Å². The van der Waals surface area contributed by atoms with Crippen LogP contribution in [-0.4, -0.2) is 22.0 Å². The fourth-order valence-corrected chi connectivity index (χ4v) is 2.40. The molecule has 1 aromatic heterocycles. The van der Waals surface area contributed by atoms with Crippen molar-refractivity contribution in [2.24, 2.45) is 0 Å². The Morgan fingerprint density at radius 3 is 2.57 bits per heavy atom. The Bertz CT molecular complexity index is 679. The highest BCUT2D eigenvalue weighted by molar-refractivity contribution is 6.07. The Labute approximate surface area is 121 Å². The van der Waals surface area contributed by atoms with Crippen LogP contribution in [0.3, 0.4) is 0 Å². The molecule has 1 fully saturated rings. The van der Waals surface area contributed by atoms with Crippen LogP contribution in [0.1, 0.15) is 23.7 Å². The van der Waals surface area contributed by atoms with Gasteiger partial charge in [0.15, 0.2) is 0 Å². The minimum absolute atomic E-state index is 0.0998. The van der Waals surface area contributed by atoms with Crippen molar-refractivity contribution in [1.82, 2.24) is 15.4 Å². The molecule has 1 aromatic carbocycles. The van der Waals surface area contributed by atoms with Crippen molar-refractivity contribution >= 4 is 11.9 Å². The van der Waals surface area contributed by atoms with Crippen LogP contribution >= 0.6 is 0 Å². The summed E-state index contributed by atoms with van der Waals surface area (Å²) in [4.78, 5) is 25.9. The maximum atomic E-state index is 12.6. The van der Waals surface area contributed by atoms with Crippen LogP contribution in [0.25, 0.3) is 0 Å². The lowest BCUT2D eigenvalue weighted by Crippen LogP contribution is -2.40. The van der Waals surface area contributed by atoms with Crippen molar-refractivity contribution < 1.29 is 14.1 Å². The van der Waals surface area contributed by atoms with Crippen LogP contribution in [0, 0.1) is 6.92 Å². The molecule has 2 aromatic rings. The molecule has 0 aliphatic carbocycles. The zero-order valence-corrected chi connectivity index (χ0v) is 11.8. The number of hydrogen-bond donors (Lipinski definition) is 1. The van der Waals surface area contributed by atoms with Gasteiger partial charge in [0, 0.05) is 6.07 Å². The summed E-state index contributed by atoms with van der Waals surface area (Å²) in [7, 11) is 0.